The SMILES string of the molecule is CNc1nc(CCc2cccc(F)c2)n(C)n1. The summed E-state index contributed by atoms with van der Waals surface area (Å²) in [5.74, 6) is 1.30. The maximum absolute atomic E-state index is 13.0. The highest BCUT2D eigenvalue weighted by atomic mass is 19.1. The minimum Gasteiger partial charge on any atom is -0.356 e. The first-order chi connectivity index (χ1) is 8.19. The summed E-state index contributed by atoms with van der Waals surface area (Å²) in [4.78, 5) is 4.31. The van der Waals surface area contributed by atoms with E-state index >= 15 is 0 Å². The van der Waals surface area contributed by atoms with Gasteiger partial charge in [0.05, 0.1) is 0 Å². The number of halogens is 1. The Morgan fingerprint density at radius 3 is 2.82 bits per heavy atom. The highest BCUT2D eigenvalue weighted by Crippen LogP contribution is 2.08. The summed E-state index contributed by atoms with van der Waals surface area (Å²) in [5.41, 5.74) is 0.971. The molecule has 2 aromatic rings. The van der Waals surface area contributed by atoms with E-state index in [2.05, 4.69) is 15.4 Å². The lowest BCUT2D eigenvalue weighted by molar-refractivity contribution is 0.624. The smallest absolute Gasteiger partial charge is 0.242 e. The summed E-state index contributed by atoms with van der Waals surface area (Å²) in [6.07, 6.45) is 1.50. The van der Waals surface area contributed by atoms with E-state index in [0.717, 1.165) is 24.2 Å². The van der Waals surface area contributed by atoms with Crippen molar-refractivity contribution in [1.29, 1.82) is 0 Å². The summed E-state index contributed by atoms with van der Waals surface area (Å²) in [6.45, 7) is 0. The molecule has 1 aromatic carbocycles. The summed E-state index contributed by atoms with van der Waals surface area (Å²) in [5, 5.41) is 7.07. The van der Waals surface area contributed by atoms with Gasteiger partial charge in [-0.3, -0.25) is 4.68 Å². The molecule has 0 bridgehead atoms. The van der Waals surface area contributed by atoms with Crippen LogP contribution in [0, 0.1) is 5.82 Å². The Morgan fingerprint density at radius 2 is 2.18 bits per heavy atom. The average molecular weight is 234 g/mol. The second-order valence-corrected chi connectivity index (χ2v) is 3.86. The van der Waals surface area contributed by atoms with E-state index in [-0.39, 0.29) is 5.82 Å². The van der Waals surface area contributed by atoms with Gasteiger partial charge >= 0.3 is 0 Å². The van der Waals surface area contributed by atoms with E-state index in [1.807, 2.05) is 13.1 Å². The summed E-state index contributed by atoms with van der Waals surface area (Å²) >= 11 is 0. The van der Waals surface area contributed by atoms with Gasteiger partial charge in [-0.2, -0.15) is 4.98 Å². The molecule has 0 unspecified atom stereocenters. The van der Waals surface area contributed by atoms with Crippen molar-refractivity contribution in [3.8, 4) is 0 Å². The van der Waals surface area contributed by atoms with Crippen LogP contribution in [0.25, 0.3) is 0 Å². The molecule has 0 aliphatic carbocycles. The minimum atomic E-state index is -0.198. The lowest BCUT2D eigenvalue weighted by Gasteiger charge is -2.01. The minimum absolute atomic E-state index is 0.198. The number of hydrogen-bond acceptors (Lipinski definition) is 3. The number of nitrogens with one attached hydrogen (secondary N) is 1. The van der Waals surface area contributed by atoms with Crippen LogP contribution in [0.2, 0.25) is 0 Å². The van der Waals surface area contributed by atoms with Crippen LogP contribution in [-0.4, -0.2) is 21.8 Å². The number of aromatic nitrogens is 3. The second kappa shape index (κ2) is 4.95. The Kier molecular flexibility index (Phi) is 3.37. The largest absolute Gasteiger partial charge is 0.356 e. The highest BCUT2D eigenvalue weighted by Gasteiger charge is 2.06. The van der Waals surface area contributed by atoms with Gasteiger partial charge in [-0.1, -0.05) is 12.1 Å². The van der Waals surface area contributed by atoms with Crippen LogP contribution in [0.3, 0.4) is 0 Å². The zero-order chi connectivity index (χ0) is 12.3. The molecule has 0 fully saturated rings. The fourth-order valence-electron chi connectivity index (χ4n) is 1.69. The number of hydrogen-bond donors (Lipinski definition) is 1. The molecule has 0 amide bonds. The summed E-state index contributed by atoms with van der Waals surface area (Å²) in [6, 6.07) is 6.64. The van der Waals surface area contributed by atoms with E-state index in [4.69, 9.17) is 0 Å². The average Bonchev–Trinajstić information content (AvgIpc) is 2.68. The fraction of sp³-hybridized carbons (Fsp3) is 0.333. The molecule has 0 radical (unpaired) electrons. The van der Waals surface area contributed by atoms with Gasteiger partial charge < -0.3 is 5.32 Å². The zero-order valence-electron chi connectivity index (χ0n) is 9.94. The third kappa shape index (κ3) is 2.81. The predicted octanol–water partition coefficient (Wildman–Crippen LogP) is 1.78. The third-order valence-electron chi connectivity index (χ3n) is 2.60. The maximum atomic E-state index is 13.0. The molecular formula is C12H15FN4. The molecule has 5 heteroatoms. The van der Waals surface area contributed by atoms with Gasteiger partial charge in [0.25, 0.3) is 0 Å². The van der Waals surface area contributed by atoms with E-state index in [9.17, 15) is 4.39 Å². The number of nitrogens with zero attached hydrogens (tertiary/aromatic N) is 3. The van der Waals surface area contributed by atoms with Gasteiger partial charge in [0.1, 0.15) is 11.6 Å². The number of benzene rings is 1. The molecule has 1 heterocycles. The van der Waals surface area contributed by atoms with Gasteiger partial charge in [-0.15, -0.1) is 5.10 Å². The van der Waals surface area contributed by atoms with E-state index in [1.54, 1.807) is 23.9 Å². The molecule has 1 N–H and O–H groups in total. The predicted molar refractivity (Wildman–Crippen MR) is 64.4 cm³/mol. The fourth-order valence-corrected chi connectivity index (χ4v) is 1.69. The first kappa shape index (κ1) is 11.6. The molecule has 4 nitrogen and oxygen atoms in total. The monoisotopic (exact) mass is 234 g/mol. The van der Waals surface area contributed by atoms with Gasteiger partial charge in [0.15, 0.2) is 0 Å². The standard InChI is InChI=1S/C12H15FN4/c1-14-12-15-11(17(2)16-12)7-6-9-4-3-5-10(13)8-9/h3-5,8H,6-7H2,1-2H3,(H,14,16). The van der Waals surface area contributed by atoms with Gasteiger partial charge in [-0.05, 0) is 24.1 Å². The van der Waals surface area contributed by atoms with Gasteiger partial charge in [0.2, 0.25) is 5.95 Å². The van der Waals surface area contributed by atoms with Crippen molar-refractivity contribution in [2.45, 2.75) is 12.8 Å². The Balaban J connectivity index is 2.04. The Labute approximate surface area is 99.5 Å². The van der Waals surface area contributed by atoms with Crippen molar-refractivity contribution >= 4 is 5.95 Å². The van der Waals surface area contributed by atoms with Crippen molar-refractivity contribution in [1.82, 2.24) is 14.8 Å². The van der Waals surface area contributed by atoms with Crippen LogP contribution in [0.5, 0.6) is 0 Å². The molecule has 0 aliphatic rings. The van der Waals surface area contributed by atoms with Gasteiger partial charge in [0, 0.05) is 20.5 Å². The molecule has 1 aromatic heterocycles. The third-order valence-corrected chi connectivity index (χ3v) is 2.60. The van der Waals surface area contributed by atoms with Crippen LogP contribution in [0.1, 0.15) is 11.4 Å². The molecule has 0 saturated carbocycles. The molecule has 2 rings (SSSR count). The Bertz CT molecular complexity index is 507. The first-order valence-electron chi connectivity index (χ1n) is 5.51. The van der Waals surface area contributed by atoms with Crippen LogP contribution < -0.4 is 5.32 Å². The van der Waals surface area contributed by atoms with Crippen molar-refractivity contribution in [3.05, 3.63) is 41.5 Å². The molecule has 0 spiro atoms. The lowest BCUT2D eigenvalue weighted by atomic mass is 10.1. The van der Waals surface area contributed by atoms with E-state index < -0.39 is 0 Å². The Morgan fingerprint density at radius 1 is 1.35 bits per heavy atom. The van der Waals surface area contributed by atoms with Crippen LogP contribution in [-0.2, 0) is 19.9 Å². The van der Waals surface area contributed by atoms with Crippen LogP contribution in [0.15, 0.2) is 24.3 Å². The summed E-state index contributed by atoms with van der Waals surface area (Å²) in [7, 11) is 3.64. The number of rotatable bonds is 4. The first-order valence-corrected chi connectivity index (χ1v) is 5.51. The Hall–Kier alpha value is -1.91. The molecular weight excluding hydrogens is 219 g/mol. The zero-order valence-corrected chi connectivity index (χ0v) is 9.94. The van der Waals surface area contributed by atoms with Crippen molar-refractivity contribution in [2.24, 2.45) is 7.05 Å². The van der Waals surface area contributed by atoms with Crippen molar-refractivity contribution < 1.29 is 4.39 Å². The van der Waals surface area contributed by atoms with E-state index in [1.165, 1.54) is 6.07 Å². The molecule has 90 valence electrons. The summed E-state index contributed by atoms with van der Waals surface area (Å²) < 4.78 is 14.7. The van der Waals surface area contributed by atoms with Crippen LogP contribution in [0.4, 0.5) is 10.3 Å². The van der Waals surface area contributed by atoms with E-state index in [0.29, 0.717) is 5.95 Å². The topological polar surface area (TPSA) is 42.7 Å². The van der Waals surface area contributed by atoms with Gasteiger partial charge in [-0.25, -0.2) is 4.39 Å². The molecule has 0 saturated heterocycles. The quantitative estimate of drug-likeness (QED) is 0.877. The maximum Gasteiger partial charge on any atom is 0.242 e. The molecule has 17 heavy (non-hydrogen) atoms. The molecule has 0 aliphatic heterocycles. The number of anilines is 1. The van der Waals surface area contributed by atoms with Crippen LogP contribution >= 0.6 is 0 Å². The second-order valence-electron chi connectivity index (χ2n) is 3.86. The lowest BCUT2D eigenvalue weighted by Crippen LogP contribution is -2.01. The number of aryl methyl sites for hydroxylation is 3. The van der Waals surface area contributed by atoms with Crippen molar-refractivity contribution in [2.75, 3.05) is 12.4 Å². The normalized spacial score (nSPS) is 10.5. The molecule has 0 atom stereocenters. The highest BCUT2D eigenvalue weighted by molar-refractivity contribution is 5.22. The van der Waals surface area contributed by atoms with Crippen molar-refractivity contribution in [3.63, 3.8) is 0 Å².